The van der Waals surface area contributed by atoms with Crippen LogP contribution in [-0.2, 0) is 6.42 Å². The van der Waals surface area contributed by atoms with Crippen molar-refractivity contribution in [2.75, 3.05) is 5.73 Å². The van der Waals surface area contributed by atoms with Crippen molar-refractivity contribution in [1.29, 1.82) is 0 Å². The third-order valence-electron chi connectivity index (χ3n) is 4.04. The molecular weight excluding hydrogens is 385 g/mol. The zero-order valence-corrected chi connectivity index (χ0v) is 14.8. The van der Waals surface area contributed by atoms with Crippen LogP contribution in [0, 0.1) is 17.6 Å². The molecule has 4 rings (SSSR count). The molecule has 1 aromatic carbocycles. The fourth-order valence-corrected chi connectivity index (χ4v) is 2.64. The van der Waals surface area contributed by atoms with Gasteiger partial charge < -0.3 is 15.0 Å². The summed E-state index contributed by atoms with van der Waals surface area (Å²) in [6.07, 6.45) is 2.04. The van der Waals surface area contributed by atoms with E-state index in [-0.39, 0.29) is 5.75 Å². The molecule has 146 valence electrons. The second-order valence-corrected chi connectivity index (χ2v) is 6.09. The molecule has 0 aliphatic heterocycles. The van der Waals surface area contributed by atoms with Crippen LogP contribution >= 0.6 is 0 Å². The molecule has 0 spiro atoms. The van der Waals surface area contributed by atoms with E-state index >= 15 is 0 Å². The minimum atomic E-state index is -1.44. The molecule has 3 aromatic heterocycles. The molecule has 6 nitrogen and oxygen atoms in total. The first-order chi connectivity index (χ1) is 14.0. The lowest BCUT2D eigenvalue weighted by Crippen LogP contribution is -1.98. The highest BCUT2D eigenvalue weighted by Crippen LogP contribution is 2.27. The van der Waals surface area contributed by atoms with E-state index in [4.69, 9.17) is 15.0 Å². The fourth-order valence-electron chi connectivity index (χ4n) is 2.64. The van der Waals surface area contributed by atoms with Gasteiger partial charge in [0.25, 0.3) is 11.8 Å². The third-order valence-corrected chi connectivity index (χ3v) is 4.04. The van der Waals surface area contributed by atoms with Crippen molar-refractivity contribution in [3.8, 4) is 23.0 Å². The number of anilines is 1. The highest BCUT2D eigenvalue weighted by atomic mass is 19.2. The maximum absolute atomic E-state index is 13.6. The number of hydrogen-bond donors (Lipinski definition) is 1. The summed E-state index contributed by atoms with van der Waals surface area (Å²) in [7, 11) is 0. The second-order valence-electron chi connectivity index (χ2n) is 6.09. The van der Waals surface area contributed by atoms with E-state index in [1.807, 2.05) is 0 Å². The lowest BCUT2D eigenvalue weighted by molar-refractivity contribution is 0.387. The molecule has 29 heavy (non-hydrogen) atoms. The Morgan fingerprint density at radius 3 is 2.55 bits per heavy atom. The summed E-state index contributed by atoms with van der Waals surface area (Å²) in [6.45, 7) is 0. The van der Waals surface area contributed by atoms with Gasteiger partial charge in [0.2, 0.25) is 0 Å². The van der Waals surface area contributed by atoms with E-state index in [0.29, 0.717) is 35.3 Å². The fraction of sp³-hybridized carbons (Fsp3) is 0.0500. The van der Waals surface area contributed by atoms with Crippen molar-refractivity contribution in [2.45, 2.75) is 6.42 Å². The SMILES string of the molecule is Nc1ncccc1-c1cc(Cc2ccc(Oc3nc(F)c(F)cc3F)cc2)no1. The van der Waals surface area contributed by atoms with Gasteiger partial charge in [0.1, 0.15) is 11.6 Å². The molecule has 0 fully saturated rings. The Balaban J connectivity index is 1.47. The monoisotopic (exact) mass is 398 g/mol. The summed E-state index contributed by atoms with van der Waals surface area (Å²) in [6, 6.07) is 12.2. The van der Waals surface area contributed by atoms with Crippen LogP contribution in [0.15, 0.2) is 59.3 Å². The minimum absolute atomic E-state index is 0.218. The maximum atomic E-state index is 13.6. The van der Waals surface area contributed by atoms with E-state index in [0.717, 1.165) is 5.56 Å². The molecule has 0 amide bonds. The highest BCUT2D eigenvalue weighted by molar-refractivity contribution is 5.69. The van der Waals surface area contributed by atoms with Crippen LogP contribution in [0.4, 0.5) is 19.0 Å². The van der Waals surface area contributed by atoms with Crippen molar-refractivity contribution >= 4 is 5.82 Å². The van der Waals surface area contributed by atoms with Crippen LogP contribution < -0.4 is 10.5 Å². The number of benzene rings is 1. The predicted molar refractivity (Wildman–Crippen MR) is 97.6 cm³/mol. The van der Waals surface area contributed by atoms with Gasteiger partial charge in [-0.15, -0.1) is 0 Å². The molecule has 0 saturated heterocycles. The third kappa shape index (κ3) is 4.03. The van der Waals surface area contributed by atoms with Gasteiger partial charge in [0, 0.05) is 24.8 Å². The first kappa shape index (κ1) is 18.5. The van der Waals surface area contributed by atoms with Gasteiger partial charge in [0.15, 0.2) is 17.4 Å². The molecule has 0 saturated carbocycles. The molecular formula is C20H13F3N4O2. The average molecular weight is 398 g/mol. The number of rotatable bonds is 5. The minimum Gasteiger partial charge on any atom is -0.436 e. The molecule has 3 heterocycles. The van der Waals surface area contributed by atoms with Crippen LogP contribution in [0.25, 0.3) is 11.3 Å². The Bertz CT molecular complexity index is 1160. The number of aromatic nitrogens is 3. The Hall–Kier alpha value is -3.88. The van der Waals surface area contributed by atoms with Crippen LogP contribution in [0.2, 0.25) is 0 Å². The molecule has 0 atom stereocenters. The van der Waals surface area contributed by atoms with E-state index < -0.39 is 23.5 Å². The van der Waals surface area contributed by atoms with E-state index in [1.54, 1.807) is 48.7 Å². The Morgan fingerprint density at radius 1 is 1.00 bits per heavy atom. The number of hydrogen-bond acceptors (Lipinski definition) is 6. The summed E-state index contributed by atoms with van der Waals surface area (Å²) in [5, 5.41) is 4.02. The average Bonchev–Trinajstić information content (AvgIpc) is 3.16. The van der Waals surface area contributed by atoms with Gasteiger partial charge in [-0.2, -0.15) is 9.37 Å². The zero-order valence-electron chi connectivity index (χ0n) is 14.8. The molecule has 0 aliphatic carbocycles. The Kier molecular flexibility index (Phi) is 4.86. The molecule has 4 aromatic rings. The van der Waals surface area contributed by atoms with Gasteiger partial charge in [-0.3, -0.25) is 0 Å². The number of nitrogens with zero attached hydrogens (tertiary/aromatic N) is 3. The summed E-state index contributed by atoms with van der Waals surface area (Å²) in [4.78, 5) is 7.13. The first-order valence-corrected chi connectivity index (χ1v) is 8.44. The molecule has 9 heteroatoms. The zero-order chi connectivity index (χ0) is 20.4. The van der Waals surface area contributed by atoms with Crippen molar-refractivity contribution in [1.82, 2.24) is 15.1 Å². The molecule has 2 N–H and O–H groups in total. The van der Waals surface area contributed by atoms with Gasteiger partial charge in [0.05, 0.1) is 11.3 Å². The number of halogens is 3. The normalized spacial score (nSPS) is 10.9. The lowest BCUT2D eigenvalue weighted by atomic mass is 10.1. The number of ether oxygens (including phenoxy) is 1. The standard InChI is InChI=1S/C20H13F3N4O2/c21-15-10-16(22)20(26-18(15)23)28-13-5-3-11(4-6-13)8-12-9-17(29-27-12)14-2-1-7-25-19(14)24/h1-7,9-10H,8H2,(H2,24,25). The topological polar surface area (TPSA) is 87.1 Å². The molecule has 0 radical (unpaired) electrons. The number of pyridine rings is 2. The van der Waals surface area contributed by atoms with Crippen molar-refractivity contribution in [2.24, 2.45) is 0 Å². The Labute approximate surface area is 162 Å². The van der Waals surface area contributed by atoms with Gasteiger partial charge in [-0.05, 0) is 29.8 Å². The summed E-state index contributed by atoms with van der Waals surface area (Å²) < 4.78 is 50.2. The van der Waals surface area contributed by atoms with Gasteiger partial charge >= 0.3 is 0 Å². The lowest BCUT2D eigenvalue weighted by Gasteiger charge is -2.07. The van der Waals surface area contributed by atoms with Crippen LogP contribution in [0.3, 0.4) is 0 Å². The summed E-state index contributed by atoms with van der Waals surface area (Å²) in [5.41, 5.74) is 8.02. The van der Waals surface area contributed by atoms with Crippen LogP contribution in [-0.4, -0.2) is 15.1 Å². The predicted octanol–water partition coefficient (Wildman–Crippen LogP) is 4.51. The highest BCUT2D eigenvalue weighted by Gasteiger charge is 2.14. The molecule has 0 unspecified atom stereocenters. The summed E-state index contributed by atoms with van der Waals surface area (Å²) in [5.74, 6) is -3.50. The molecule has 0 aliphatic rings. The van der Waals surface area contributed by atoms with Crippen molar-refractivity contribution < 1.29 is 22.4 Å². The van der Waals surface area contributed by atoms with Gasteiger partial charge in [-0.25, -0.2) is 13.8 Å². The van der Waals surface area contributed by atoms with E-state index in [9.17, 15) is 13.2 Å². The van der Waals surface area contributed by atoms with Crippen molar-refractivity contribution in [3.05, 3.63) is 83.6 Å². The van der Waals surface area contributed by atoms with Crippen LogP contribution in [0.1, 0.15) is 11.3 Å². The largest absolute Gasteiger partial charge is 0.436 e. The quantitative estimate of drug-likeness (QED) is 0.498. The smallest absolute Gasteiger partial charge is 0.258 e. The van der Waals surface area contributed by atoms with E-state index in [2.05, 4.69) is 15.1 Å². The first-order valence-electron chi connectivity index (χ1n) is 8.44. The van der Waals surface area contributed by atoms with Crippen LogP contribution in [0.5, 0.6) is 11.6 Å². The Morgan fingerprint density at radius 2 is 1.79 bits per heavy atom. The maximum Gasteiger partial charge on any atom is 0.258 e. The number of nitrogens with two attached hydrogens (primary N) is 1. The van der Waals surface area contributed by atoms with E-state index in [1.165, 1.54) is 0 Å². The summed E-state index contributed by atoms with van der Waals surface area (Å²) >= 11 is 0. The molecule has 0 bridgehead atoms. The second kappa shape index (κ2) is 7.63. The van der Waals surface area contributed by atoms with Crippen molar-refractivity contribution in [3.63, 3.8) is 0 Å². The van der Waals surface area contributed by atoms with Gasteiger partial charge in [-0.1, -0.05) is 17.3 Å². The number of nitrogen functional groups attached to an aromatic ring is 1.